The maximum atomic E-state index is 9.11. The third kappa shape index (κ3) is 4.69. The van der Waals surface area contributed by atoms with Crippen LogP contribution in [0.3, 0.4) is 0 Å². The summed E-state index contributed by atoms with van der Waals surface area (Å²) in [6.07, 6.45) is -0.791. The van der Waals surface area contributed by atoms with Crippen molar-refractivity contribution in [2.24, 2.45) is 0 Å². The molecule has 0 spiro atoms. The van der Waals surface area contributed by atoms with Gasteiger partial charge in [-0.2, -0.15) is 0 Å². The molecule has 0 aliphatic rings. The van der Waals surface area contributed by atoms with Crippen molar-refractivity contribution in [1.82, 2.24) is 0 Å². The van der Waals surface area contributed by atoms with Gasteiger partial charge in [-0.3, -0.25) is 0 Å². The predicted molar refractivity (Wildman–Crippen MR) is 40.3 cm³/mol. The first kappa shape index (κ1) is 15.2. The zero-order chi connectivity index (χ0) is 7.40. The molecule has 0 bridgehead atoms. The molecular weight excluding hydrogens is 183 g/mol. The number of ether oxygens (including phenoxy) is 1. The van der Waals surface area contributed by atoms with Crippen molar-refractivity contribution in [3.05, 3.63) is 35.9 Å². The van der Waals surface area contributed by atoms with Crippen LogP contribution < -0.4 is 51.4 Å². The number of hydrogen-bond donors (Lipinski definition) is 1. The largest absolute Gasteiger partial charge is 1.00 e. The molecule has 4 heteroatoms. The normalized spacial score (nSPS) is 10.8. The van der Waals surface area contributed by atoms with Crippen molar-refractivity contribution in [3.63, 3.8) is 0 Å². The Morgan fingerprint density at radius 3 is 2.17 bits per heavy atom. The Morgan fingerprint density at radius 1 is 1.25 bits per heavy atom. The van der Waals surface area contributed by atoms with Crippen LogP contribution in [0.5, 0.6) is 0 Å². The van der Waals surface area contributed by atoms with E-state index in [9.17, 15) is 0 Å². The first-order valence-electron chi connectivity index (χ1n) is 3.10. The Balaban J connectivity index is 0. The summed E-state index contributed by atoms with van der Waals surface area (Å²) < 4.78 is 4.69. The third-order valence-electron chi connectivity index (χ3n) is 1.31. The summed E-state index contributed by atoms with van der Waals surface area (Å²) in [5.41, 5.74) is 0.782. The Bertz CT molecular complexity index is 191. The van der Waals surface area contributed by atoms with E-state index in [-0.39, 0.29) is 56.9 Å². The first-order chi connectivity index (χ1) is 4.84. The predicted octanol–water partition coefficient (Wildman–Crippen LogP) is -1.85. The molecule has 2 N–H and O–H groups in total. The monoisotopic (exact) mass is 194 g/mol. The molecule has 1 aromatic carbocycles. The minimum Gasteiger partial charge on any atom is -0.870 e. The van der Waals surface area contributed by atoms with Gasteiger partial charge >= 0.3 is 51.4 Å². The molecule has 0 fully saturated rings. The fourth-order valence-electron chi connectivity index (χ4n) is 0.754. The number of hydrogen-bond acceptors (Lipinski definition) is 3. The molecule has 0 aliphatic heterocycles. The minimum atomic E-state index is -0.791. The van der Waals surface area contributed by atoms with E-state index >= 15 is 0 Å². The average Bonchev–Trinajstić information content (AvgIpc) is 2.05. The van der Waals surface area contributed by atoms with E-state index in [0.717, 1.165) is 5.56 Å². The summed E-state index contributed by atoms with van der Waals surface area (Å²) in [5, 5.41) is 9.11. The Labute approximate surface area is 114 Å². The molecule has 0 saturated heterocycles. The van der Waals surface area contributed by atoms with Gasteiger partial charge in [-0.05, 0) is 0 Å². The molecule has 1 unspecified atom stereocenters. The molecule has 12 heavy (non-hydrogen) atoms. The van der Waals surface area contributed by atoms with Crippen molar-refractivity contribution >= 4 is 0 Å². The Hall–Kier alpha value is 0.736. The maximum absolute atomic E-state index is 9.11. The van der Waals surface area contributed by atoms with E-state index in [1.807, 2.05) is 30.3 Å². The SMILES string of the molecule is COC(O)c1ccccc1.[K+].[OH-]. The van der Waals surface area contributed by atoms with E-state index < -0.39 is 6.29 Å². The molecular formula is C8H11KO3. The second kappa shape index (κ2) is 8.34. The van der Waals surface area contributed by atoms with Crippen LogP contribution >= 0.6 is 0 Å². The molecule has 1 rings (SSSR count). The smallest absolute Gasteiger partial charge is 0.870 e. The van der Waals surface area contributed by atoms with Crippen LogP contribution in [0.1, 0.15) is 11.9 Å². The topological polar surface area (TPSA) is 59.5 Å². The third-order valence-corrected chi connectivity index (χ3v) is 1.31. The van der Waals surface area contributed by atoms with Gasteiger partial charge in [0.15, 0.2) is 6.29 Å². The minimum absolute atomic E-state index is 0. The van der Waals surface area contributed by atoms with Crippen molar-refractivity contribution in [2.45, 2.75) is 6.29 Å². The van der Waals surface area contributed by atoms with Gasteiger partial charge in [0.2, 0.25) is 0 Å². The van der Waals surface area contributed by atoms with Crippen LogP contribution in [-0.2, 0) is 4.74 Å². The summed E-state index contributed by atoms with van der Waals surface area (Å²) in [6.45, 7) is 0. The van der Waals surface area contributed by atoms with Crippen LogP contribution in [0, 0.1) is 0 Å². The van der Waals surface area contributed by atoms with Crippen LogP contribution in [0.25, 0.3) is 0 Å². The number of aliphatic hydroxyl groups is 1. The molecule has 62 valence electrons. The summed E-state index contributed by atoms with van der Waals surface area (Å²) >= 11 is 0. The molecule has 1 atom stereocenters. The number of benzene rings is 1. The summed E-state index contributed by atoms with van der Waals surface area (Å²) in [6, 6.07) is 9.24. The van der Waals surface area contributed by atoms with Gasteiger partial charge < -0.3 is 15.3 Å². The van der Waals surface area contributed by atoms with Crippen molar-refractivity contribution in [2.75, 3.05) is 7.11 Å². The van der Waals surface area contributed by atoms with Gasteiger partial charge in [-0.25, -0.2) is 0 Å². The Kier molecular flexibility index (Phi) is 10.6. The van der Waals surface area contributed by atoms with Gasteiger partial charge in [0.1, 0.15) is 0 Å². The molecule has 0 aliphatic carbocycles. The molecule has 1 aromatic rings. The van der Waals surface area contributed by atoms with Crippen LogP contribution in [0.4, 0.5) is 0 Å². The zero-order valence-electron chi connectivity index (χ0n) is 7.27. The van der Waals surface area contributed by atoms with E-state index in [1.54, 1.807) is 0 Å². The zero-order valence-corrected chi connectivity index (χ0v) is 10.4. The second-order valence-electron chi connectivity index (χ2n) is 2.00. The van der Waals surface area contributed by atoms with Crippen LogP contribution in [-0.4, -0.2) is 17.7 Å². The molecule has 0 radical (unpaired) electrons. The van der Waals surface area contributed by atoms with E-state index in [0.29, 0.717) is 0 Å². The second-order valence-corrected chi connectivity index (χ2v) is 2.00. The van der Waals surface area contributed by atoms with Crippen molar-refractivity contribution < 1.29 is 66.7 Å². The fourth-order valence-corrected chi connectivity index (χ4v) is 0.754. The number of rotatable bonds is 2. The number of aliphatic hydroxyl groups excluding tert-OH is 1. The standard InChI is InChI=1S/C8H10O2.K.H2O/c1-10-8(9)7-5-3-2-4-6-7;;/h2-6,8-9H,1H3;;1H2/q;+1;/p-1. The molecule has 0 heterocycles. The fraction of sp³-hybridized carbons (Fsp3) is 0.250. The molecule has 3 nitrogen and oxygen atoms in total. The van der Waals surface area contributed by atoms with Crippen molar-refractivity contribution in [3.8, 4) is 0 Å². The van der Waals surface area contributed by atoms with E-state index in [4.69, 9.17) is 9.84 Å². The average molecular weight is 194 g/mol. The van der Waals surface area contributed by atoms with Crippen LogP contribution in [0.2, 0.25) is 0 Å². The summed E-state index contributed by atoms with van der Waals surface area (Å²) in [4.78, 5) is 0. The van der Waals surface area contributed by atoms with Gasteiger partial charge in [-0.1, -0.05) is 30.3 Å². The van der Waals surface area contributed by atoms with Gasteiger partial charge in [0.05, 0.1) is 0 Å². The van der Waals surface area contributed by atoms with Gasteiger partial charge in [-0.15, -0.1) is 0 Å². The van der Waals surface area contributed by atoms with Crippen LogP contribution in [0.15, 0.2) is 30.3 Å². The van der Waals surface area contributed by atoms with Gasteiger partial charge in [0, 0.05) is 12.7 Å². The quantitative estimate of drug-likeness (QED) is 0.444. The first-order valence-corrected chi connectivity index (χ1v) is 3.10. The Morgan fingerprint density at radius 2 is 1.75 bits per heavy atom. The van der Waals surface area contributed by atoms with E-state index in [1.165, 1.54) is 7.11 Å². The molecule has 0 aromatic heterocycles. The van der Waals surface area contributed by atoms with E-state index in [2.05, 4.69) is 0 Å². The van der Waals surface area contributed by atoms with Gasteiger partial charge in [0.25, 0.3) is 0 Å². The maximum Gasteiger partial charge on any atom is 1.00 e. The summed E-state index contributed by atoms with van der Waals surface area (Å²) in [7, 11) is 1.47. The summed E-state index contributed by atoms with van der Waals surface area (Å²) in [5.74, 6) is 0. The molecule has 0 saturated carbocycles. The number of methoxy groups -OCH3 is 1. The van der Waals surface area contributed by atoms with Crippen molar-refractivity contribution in [1.29, 1.82) is 0 Å². The molecule has 0 amide bonds.